The number of hydrogen-bond acceptors (Lipinski definition) is 5. The van der Waals surface area contributed by atoms with Gasteiger partial charge < -0.3 is 9.52 Å². The Morgan fingerprint density at radius 2 is 2.00 bits per heavy atom. The molecule has 2 amide bonds. The lowest BCUT2D eigenvalue weighted by Crippen LogP contribution is -2.29. The summed E-state index contributed by atoms with van der Waals surface area (Å²) in [6.45, 7) is 0.0653. The lowest BCUT2D eigenvalue weighted by molar-refractivity contribution is -0.137. The highest BCUT2D eigenvalue weighted by atomic mass is 35.5. The van der Waals surface area contributed by atoms with Crippen molar-refractivity contribution in [3.05, 3.63) is 51.0 Å². The van der Waals surface area contributed by atoms with E-state index in [1.807, 2.05) is 0 Å². The number of carbonyl (C=O) groups excluding carboxylic acids is 2. The molecule has 0 aliphatic carbocycles. The van der Waals surface area contributed by atoms with Crippen LogP contribution >= 0.6 is 35.0 Å². The minimum absolute atomic E-state index is 0.0653. The minimum atomic E-state index is -0.972. The van der Waals surface area contributed by atoms with Crippen molar-refractivity contribution in [1.82, 2.24) is 4.90 Å². The van der Waals surface area contributed by atoms with Crippen LogP contribution < -0.4 is 0 Å². The molecular formula is C18H13Cl2NO5S. The van der Waals surface area contributed by atoms with Crippen LogP contribution in [0.3, 0.4) is 0 Å². The van der Waals surface area contributed by atoms with Gasteiger partial charge in [-0.05, 0) is 48.5 Å². The number of carboxylic acid groups (broad SMARTS) is 1. The third kappa shape index (κ3) is 4.55. The van der Waals surface area contributed by atoms with E-state index in [0.717, 1.165) is 16.7 Å². The minimum Gasteiger partial charge on any atom is -0.481 e. The molecule has 0 unspecified atom stereocenters. The third-order valence-electron chi connectivity index (χ3n) is 3.74. The lowest BCUT2D eigenvalue weighted by atomic mass is 10.2. The van der Waals surface area contributed by atoms with Crippen LogP contribution in [-0.2, 0) is 9.59 Å². The van der Waals surface area contributed by atoms with Gasteiger partial charge in [-0.1, -0.05) is 23.2 Å². The van der Waals surface area contributed by atoms with Gasteiger partial charge in [0.1, 0.15) is 11.5 Å². The SMILES string of the molecule is O=C(O)CCCN1C(=O)SC(=Cc2ccc(-c3cc(Cl)ccc3Cl)o2)C1=O. The Labute approximate surface area is 168 Å². The number of aliphatic carboxylic acids is 1. The monoisotopic (exact) mass is 425 g/mol. The molecule has 2 heterocycles. The second-order valence-corrected chi connectivity index (χ2v) is 7.49. The first kappa shape index (κ1) is 19.5. The highest BCUT2D eigenvalue weighted by Crippen LogP contribution is 2.35. The first-order valence-corrected chi connectivity index (χ1v) is 9.45. The van der Waals surface area contributed by atoms with Crippen molar-refractivity contribution in [2.24, 2.45) is 0 Å². The van der Waals surface area contributed by atoms with Crippen LogP contribution in [0.15, 0.2) is 39.7 Å². The molecule has 1 saturated heterocycles. The molecule has 1 aliphatic heterocycles. The van der Waals surface area contributed by atoms with Gasteiger partial charge in [-0.3, -0.25) is 19.3 Å². The normalized spacial score (nSPS) is 15.8. The highest BCUT2D eigenvalue weighted by Gasteiger charge is 2.34. The number of amides is 2. The van der Waals surface area contributed by atoms with Gasteiger partial charge in [0.15, 0.2) is 0 Å². The average Bonchev–Trinajstić information content (AvgIpc) is 3.17. The summed E-state index contributed by atoms with van der Waals surface area (Å²) in [5.41, 5.74) is 0.616. The van der Waals surface area contributed by atoms with E-state index in [2.05, 4.69) is 0 Å². The van der Waals surface area contributed by atoms with E-state index in [-0.39, 0.29) is 24.3 Å². The Morgan fingerprint density at radius 3 is 2.74 bits per heavy atom. The fourth-order valence-corrected chi connectivity index (χ4v) is 3.70. The fourth-order valence-electron chi connectivity index (χ4n) is 2.47. The van der Waals surface area contributed by atoms with E-state index >= 15 is 0 Å². The molecule has 1 fully saturated rings. The highest BCUT2D eigenvalue weighted by molar-refractivity contribution is 8.18. The van der Waals surface area contributed by atoms with Gasteiger partial charge in [0.25, 0.3) is 11.1 Å². The second-order valence-electron chi connectivity index (χ2n) is 5.66. The molecule has 1 aromatic heterocycles. The van der Waals surface area contributed by atoms with E-state index in [4.69, 9.17) is 32.7 Å². The number of nitrogens with zero attached hydrogens (tertiary/aromatic N) is 1. The maximum absolute atomic E-state index is 12.4. The predicted molar refractivity (Wildman–Crippen MR) is 104 cm³/mol. The maximum atomic E-state index is 12.4. The molecule has 3 rings (SSSR count). The zero-order valence-corrected chi connectivity index (χ0v) is 16.1. The topological polar surface area (TPSA) is 87.8 Å². The van der Waals surface area contributed by atoms with Crippen LogP contribution in [0.4, 0.5) is 4.79 Å². The van der Waals surface area contributed by atoms with Crippen LogP contribution in [0.2, 0.25) is 10.0 Å². The Kier molecular flexibility index (Phi) is 5.94. The maximum Gasteiger partial charge on any atom is 0.303 e. The molecule has 0 bridgehead atoms. The number of rotatable bonds is 6. The lowest BCUT2D eigenvalue weighted by Gasteiger charge is -2.10. The number of carboxylic acids is 1. The Hall–Kier alpha value is -2.22. The molecule has 9 heteroatoms. The van der Waals surface area contributed by atoms with Crippen LogP contribution in [0.5, 0.6) is 0 Å². The number of furan rings is 1. The van der Waals surface area contributed by atoms with Crippen molar-refractivity contribution in [2.75, 3.05) is 6.54 Å². The van der Waals surface area contributed by atoms with Gasteiger partial charge in [-0.15, -0.1) is 0 Å². The standard InChI is InChI=1S/C18H13Cl2NO5S/c19-10-3-5-13(20)12(8-10)14-6-4-11(26-14)9-15-17(24)21(18(25)27-15)7-1-2-16(22)23/h3-6,8-9H,1-2,7H2,(H,22,23). The average molecular weight is 426 g/mol. The Balaban J connectivity index is 1.77. The van der Waals surface area contributed by atoms with Gasteiger partial charge in [0.2, 0.25) is 0 Å². The summed E-state index contributed by atoms with van der Waals surface area (Å²) >= 11 is 12.9. The molecule has 1 N–H and O–H groups in total. The summed E-state index contributed by atoms with van der Waals surface area (Å²) in [6.07, 6.45) is 1.57. The van der Waals surface area contributed by atoms with E-state index in [0.29, 0.717) is 27.1 Å². The van der Waals surface area contributed by atoms with E-state index in [1.165, 1.54) is 6.08 Å². The Bertz CT molecular complexity index is 953. The largest absolute Gasteiger partial charge is 0.481 e. The molecule has 0 atom stereocenters. The van der Waals surface area contributed by atoms with Crippen molar-refractivity contribution in [3.63, 3.8) is 0 Å². The zero-order valence-electron chi connectivity index (χ0n) is 13.8. The van der Waals surface area contributed by atoms with E-state index < -0.39 is 17.1 Å². The number of benzene rings is 1. The first-order valence-electron chi connectivity index (χ1n) is 7.87. The van der Waals surface area contributed by atoms with Crippen LogP contribution in [0, 0.1) is 0 Å². The number of halogens is 2. The van der Waals surface area contributed by atoms with Gasteiger partial charge in [-0.25, -0.2) is 0 Å². The van der Waals surface area contributed by atoms with Crippen LogP contribution in [0.25, 0.3) is 17.4 Å². The summed E-state index contributed by atoms with van der Waals surface area (Å²) in [6, 6.07) is 8.34. The first-order chi connectivity index (χ1) is 12.8. The van der Waals surface area contributed by atoms with Crippen molar-refractivity contribution in [3.8, 4) is 11.3 Å². The summed E-state index contributed by atoms with van der Waals surface area (Å²) < 4.78 is 5.71. The molecule has 0 saturated carbocycles. The van der Waals surface area contributed by atoms with E-state index in [1.54, 1.807) is 30.3 Å². The molecule has 1 aliphatic rings. The quantitative estimate of drug-likeness (QED) is 0.643. The molecule has 1 aromatic carbocycles. The van der Waals surface area contributed by atoms with Crippen molar-refractivity contribution >= 4 is 58.2 Å². The molecule has 27 heavy (non-hydrogen) atoms. The van der Waals surface area contributed by atoms with Gasteiger partial charge in [0, 0.05) is 29.6 Å². The number of hydrogen-bond donors (Lipinski definition) is 1. The molecule has 0 spiro atoms. The van der Waals surface area contributed by atoms with Crippen molar-refractivity contribution in [2.45, 2.75) is 12.8 Å². The fraction of sp³-hybridized carbons (Fsp3) is 0.167. The summed E-state index contributed by atoms with van der Waals surface area (Å²) in [4.78, 5) is 36.2. The number of carbonyl (C=O) groups is 3. The molecule has 6 nitrogen and oxygen atoms in total. The van der Waals surface area contributed by atoms with Gasteiger partial charge in [-0.2, -0.15) is 0 Å². The second kappa shape index (κ2) is 8.21. The molecular weight excluding hydrogens is 413 g/mol. The predicted octanol–water partition coefficient (Wildman–Crippen LogP) is 5.15. The molecule has 140 valence electrons. The summed E-state index contributed by atoms with van der Waals surface area (Å²) in [5.74, 6) is -0.569. The number of imide groups is 1. The summed E-state index contributed by atoms with van der Waals surface area (Å²) in [7, 11) is 0. The van der Waals surface area contributed by atoms with Gasteiger partial charge >= 0.3 is 5.97 Å². The van der Waals surface area contributed by atoms with Crippen molar-refractivity contribution < 1.29 is 23.9 Å². The van der Waals surface area contributed by atoms with E-state index in [9.17, 15) is 14.4 Å². The molecule has 2 aromatic rings. The van der Waals surface area contributed by atoms with Gasteiger partial charge in [0.05, 0.1) is 9.93 Å². The smallest absolute Gasteiger partial charge is 0.303 e. The Morgan fingerprint density at radius 1 is 1.22 bits per heavy atom. The number of thioether (sulfide) groups is 1. The molecule has 0 radical (unpaired) electrons. The van der Waals surface area contributed by atoms with Crippen LogP contribution in [-0.4, -0.2) is 33.7 Å². The summed E-state index contributed by atoms with van der Waals surface area (Å²) in [5, 5.41) is 9.22. The zero-order chi connectivity index (χ0) is 19.6. The van der Waals surface area contributed by atoms with Crippen LogP contribution in [0.1, 0.15) is 18.6 Å². The third-order valence-corrected chi connectivity index (χ3v) is 5.21. The van der Waals surface area contributed by atoms with Crippen molar-refractivity contribution in [1.29, 1.82) is 0 Å².